The fourth-order valence-electron chi connectivity index (χ4n) is 26.4. The second-order valence-electron chi connectivity index (χ2n) is 27.0. The van der Waals surface area contributed by atoms with Crippen LogP contribution in [0.4, 0.5) is 0 Å². The zero-order valence-electron chi connectivity index (χ0n) is 38.4. The molecule has 1 atom stereocenters. The van der Waals surface area contributed by atoms with Gasteiger partial charge < -0.3 is 4.74 Å². The average molecular weight is 991 g/mol. The summed E-state index contributed by atoms with van der Waals surface area (Å²) < 4.78 is 5.95. The van der Waals surface area contributed by atoms with Crippen molar-refractivity contribution in [2.45, 2.75) is 16.9 Å². The van der Waals surface area contributed by atoms with Crippen LogP contribution in [0, 0.1) is 0 Å². The number of nitrogens with zero attached hydrogens (tertiary/aromatic N) is 1. The molecule has 29 aromatic carbocycles. The van der Waals surface area contributed by atoms with E-state index in [0.29, 0.717) is 5.75 Å². The molecule has 3 nitrogen and oxygen atoms in total. The monoisotopic (exact) mass is 989 g/mol. The predicted molar refractivity (Wildman–Crippen MR) is 315 cm³/mol. The van der Waals surface area contributed by atoms with Crippen molar-refractivity contribution >= 4 is 313 Å². The highest BCUT2D eigenvalue weighted by molar-refractivity contribution is 9.09. The van der Waals surface area contributed by atoms with Gasteiger partial charge in [-0.1, -0.05) is 28.1 Å². The van der Waals surface area contributed by atoms with Crippen LogP contribution >= 0.6 is 15.9 Å². The minimum absolute atomic E-state index is 0.0363. The van der Waals surface area contributed by atoms with Gasteiger partial charge in [-0.2, -0.15) is 0 Å². The standard InChI is InChI=1S/C71H12BrNO2/c1-73-7-70-65-57-49-39-29-21-13-11-12-15-19-17(13)25-33-27(19)37-31-23(15)24-16(12)20-18-14(11)22(21)30-36-26(18)34-28(20)38-32(24)42-41(31)53-47(37)55-45(33)51(43(49)35(25)29)59(65)61(55)67-63(53)64-54(42)48(38)56-46(34)52-44(36)50(40(30)39)58(57)66(70)60(52)62(56)68(64)71(67,70)69(73)8-2-4-9(5-3-8)75-10(74)6-72/h2-5,69H,6-7H2,1H3. The van der Waals surface area contributed by atoms with Gasteiger partial charge in [0.15, 0.2) is 0 Å². The highest BCUT2D eigenvalue weighted by atomic mass is 79.9. The fraction of sp³-hybridized carbons (Fsp3) is 0.0845. The van der Waals surface area contributed by atoms with Gasteiger partial charge in [0.05, 0.1) is 10.8 Å². The number of rotatable bonds is 3. The fourth-order valence-corrected chi connectivity index (χ4v) is 26.5. The van der Waals surface area contributed by atoms with Gasteiger partial charge in [-0.3, -0.25) is 9.69 Å². The molecule has 320 valence electrons. The van der Waals surface area contributed by atoms with Crippen LogP contribution in [0.3, 0.4) is 0 Å². The second-order valence-corrected chi connectivity index (χ2v) is 27.5. The van der Waals surface area contributed by atoms with Crippen LogP contribution in [0.5, 0.6) is 5.75 Å². The Hall–Kier alpha value is -8.41. The Balaban J connectivity index is 1.08. The van der Waals surface area contributed by atoms with E-state index in [1.54, 1.807) is 313 Å². The number of esters is 1. The molecule has 0 aromatic heterocycles. The van der Waals surface area contributed by atoms with E-state index in [1.165, 1.54) is 5.56 Å². The van der Waals surface area contributed by atoms with Crippen LogP contribution in [0.2, 0.25) is 0 Å². The molecule has 1 unspecified atom stereocenters. The Labute approximate surface area is 418 Å². The Morgan fingerprint density at radius 1 is 0.373 bits per heavy atom. The lowest BCUT2D eigenvalue weighted by molar-refractivity contribution is -0.131. The molecule has 0 bridgehead atoms. The number of hydrogen-bond donors (Lipinski definition) is 0. The largest absolute Gasteiger partial charge is 0.426 e. The first kappa shape index (κ1) is 29.5. The average Bonchev–Trinajstić information content (AvgIpc) is 2.25. The summed E-state index contributed by atoms with van der Waals surface area (Å²) in [7, 11) is 2.51. The molecule has 4 aliphatic carbocycles. The van der Waals surface area contributed by atoms with Crippen LogP contribution in [-0.4, -0.2) is 29.8 Å². The van der Waals surface area contributed by atoms with Crippen LogP contribution in [0.1, 0.15) is 33.9 Å². The molecule has 1 aliphatic heterocycles. The Morgan fingerprint density at radius 2 is 0.587 bits per heavy atom. The van der Waals surface area contributed by atoms with Gasteiger partial charge in [0.25, 0.3) is 0 Å². The maximum absolute atomic E-state index is 12.8. The van der Waals surface area contributed by atoms with Gasteiger partial charge >= 0.3 is 5.97 Å². The first-order valence-electron chi connectivity index (χ1n) is 27.5. The van der Waals surface area contributed by atoms with Crippen molar-refractivity contribution in [2.24, 2.45) is 0 Å². The maximum Gasteiger partial charge on any atom is 0.321 e. The highest BCUT2D eigenvalue weighted by Gasteiger charge is 2.75. The van der Waals surface area contributed by atoms with Gasteiger partial charge in [-0.05, 0) is 338 Å². The maximum atomic E-state index is 12.8. The minimum Gasteiger partial charge on any atom is -0.426 e. The number of halogens is 1. The quantitative estimate of drug-likeness (QED) is 0.0765. The Bertz CT molecular complexity index is 7410. The molecule has 29 aromatic rings. The third-order valence-corrected chi connectivity index (χ3v) is 26.9. The summed E-state index contributed by atoms with van der Waals surface area (Å²) in [6.07, 6.45) is 0. The summed E-state index contributed by atoms with van der Waals surface area (Å²) >= 11 is 3.37. The number of carbonyl (C=O) groups is 1. The van der Waals surface area contributed by atoms with Gasteiger partial charge in [-0.25, -0.2) is 0 Å². The third kappa shape index (κ3) is 1.66. The van der Waals surface area contributed by atoms with E-state index >= 15 is 0 Å². The summed E-state index contributed by atoms with van der Waals surface area (Å²) in [5.74, 6) is 0.361. The molecule has 34 rings (SSSR count). The molecule has 5 aliphatic rings. The zero-order chi connectivity index (χ0) is 45.3. The zero-order valence-corrected chi connectivity index (χ0v) is 40.0. The number of benzene rings is 19. The predicted octanol–water partition coefficient (Wildman–Crippen LogP) is 18.3. The van der Waals surface area contributed by atoms with E-state index in [9.17, 15) is 4.79 Å². The van der Waals surface area contributed by atoms with E-state index in [0.717, 1.165) is 6.54 Å². The van der Waals surface area contributed by atoms with Crippen molar-refractivity contribution in [3.05, 3.63) is 52.1 Å². The first-order valence-corrected chi connectivity index (χ1v) is 28.6. The molecule has 0 radical (unpaired) electrons. The molecule has 2 spiro atoms. The molecule has 1 fully saturated rings. The molecule has 0 amide bonds. The number of ether oxygens (including phenoxy) is 1. The molecule has 75 heavy (non-hydrogen) atoms. The first-order chi connectivity index (χ1) is 37.2. The summed E-state index contributed by atoms with van der Waals surface area (Å²) in [5, 5.41) is 88.5. The van der Waals surface area contributed by atoms with E-state index in [2.05, 4.69) is 52.1 Å². The molecule has 0 saturated carbocycles. The SMILES string of the molecule is CN1CC23c4c5c6c7c8c9c(c%10c%11c2c2c4c4c%12c5c5c6c6c8c8c%13c9c9c%10c%10c%11c%11c2c2c4c4c%12c%12c5c5c6c8c6c8c%13c9c9c%10c%10c%11c2c2c4c4c%12c5c6c5c8c9c%10c2c45)C73C1c1ccc(OC(=O)CBr)cc1. The van der Waals surface area contributed by atoms with Crippen LogP contribution < -0.4 is 4.74 Å². The number of hydrogen-bond acceptors (Lipinski definition) is 3. The summed E-state index contributed by atoms with van der Waals surface area (Å²) in [4.78, 5) is 15.7. The topological polar surface area (TPSA) is 29.5 Å². The van der Waals surface area contributed by atoms with Crippen molar-refractivity contribution in [2.75, 3.05) is 18.9 Å². The smallest absolute Gasteiger partial charge is 0.321 e. The normalized spacial score (nSPS) is 23.0. The number of likely N-dealkylation sites (N-methyl/N-ethyl adjacent to an activating group) is 1. The van der Waals surface area contributed by atoms with Gasteiger partial charge in [0, 0.05) is 12.6 Å². The summed E-state index contributed by atoms with van der Waals surface area (Å²) in [6, 6.07) is 8.98. The third-order valence-electron chi connectivity index (χ3n) is 26.4. The number of carbonyl (C=O) groups excluding carboxylic acids is 1. The van der Waals surface area contributed by atoms with E-state index in [-0.39, 0.29) is 22.8 Å². The lowest BCUT2D eigenvalue weighted by Crippen LogP contribution is -2.51. The van der Waals surface area contributed by atoms with Gasteiger partial charge in [0.2, 0.25) is 0 Å². The second kappa shape index (κ2) is 6.87. The van der Waals surface area contributed by atoms with E-state index < -0.39 is 5.41 Å². The van der Waals surface area contributed by atoms with Gasteiger partial charge in [-0.15, -0.1) is 0 Å². The van der Waals surface area contributed by atoms with Crippen LogP contribution in [0.25, 0.3) is 291 Å². The van der Waals surface area contributed by atoms with E-state index in [4.69, 9.17) is 4.74 Å². The molecule has 1 heterocycles. The van der Waals surface area contributed by atoms with Crippen LogP contribution in [0.15, 0.2) is 24.3 Å². The van der Waals surface area contributed by atoms with Crippen molar-refractivity contribution in [3.63, 3.8) is 0 Å². The Morgan fingerprint density at radius 3 is 0.813 bits per heavy atom. The molecule has 0 N–H and O–H groups in total. The number of likely N-dealkylation sites (tertiary alicyclic amines) is 1. The summed E-state index contributed by atoms with van der Waals surface area (Å²) in [6.45, 7) is 0.966. The molecule has 4 heteroatoms. The molecular formula is C71H12BrNO2. The molecular weight excluding hydrogens is 979 g/mol. The van der Waals surface area contributed by atoms with Crippen molar-refractivity contribution < 1.29 is 9.53 Å². The Kier molecular flexibility index (Phi) is 2.70. The van der Waals surface area contributed by atoms with Crippen molar-refractivity contribution in [1.82, 2.24) is 4.90 Å². The highest BCUT2D eigenvalue weighted by Crippen LogP contribution is 2.87. The molecule has 1 saturated heterocycles. The minimum atomic E-state index is -0.416. The lowest BCUT2D eigenvalue weighted by atomic mass is 9.47. The van der Waals surface area contributed by atoms with Crippen molar-refractivity contribution in [1.29, 1.82) is 0 Å². The van der Waals surface area contributed by atoms with Crippen LogP contribution in [-0.2, 0) is 15.6 Å². The summed E-state index contributed by atoms with van der Waals surface area (Å²) in [5.41, 5.74) is 7.42. The lowest BCUT2D eigenvalue weighted by Gasteiger charge is -2.52. The van der Waals surface area contributed by atoms with Crippen molar-refractivity contribution in [3.8, 4) is 5.75 Å². The van der Waals surface area contributed by atoms with E-state index in [1.807, 2.05) is 0 Å². The van der Waals surface area contributed by atoms with Gasteiger partial charge in [0.1, 0.15) is 11.1 Å². The number of alkyl halides is 1.